The topological polar surface area (TPSA) is 0 Å². The summed E-state index contributed by atoms with van der Waals surface area (Å²) in [6.45, 7) is 0. The Morgan fingerprint density at radius 1 is 0.270 bits per heavy atom. The zero-order valence-electron chi connectivity index (χ0n) is 17.7. The van der Waals surface area contributed by atoms with Crippen LogP contribution in [0.4, 0.5) is 52.7 Å². The highest BCUT2D eigenvalue weighted by Crippen LogP contribution is 2.23. The zero-order valence-corrected chi connectivity index (χ0v) is 18.9. The quantitative estimate of drug-likeness (QED) is 0.254. The molecule has 0 unspecified atom stereocenters. The van der Waals surface area contributed by atoms with E-state index >= 15 is 35.1 Å². The molecule has 0 spiro atoms. The van der Waals surface area contributed by atoms with Crippen molar-refractivity contribution >= 4 is 30.8 Å². The highest BCUT2D eigenvalue weighted by Gasteiger charge is 2.50. The monoisotopic (exact) mass is 551 g/mol. The molecule has 0 aromatic heterocycles. The van der Waals surface area contributed by atoms with Crippen LogP contribution in [0.5, 0.6) is 0 Å². The van der Waals surface area contributed by atoms with E-state index in [4.69, 9.17) is 0 Å². The molecule has 4 rings (SSSR count). The second kappa shape index (κ2) is 9.46. The van der Waals surface area contributed by atoms with Gasteiger partial charge in [0.2, 0.25) is 0 Å². The van der Waals surface area contributed by atoms with Crippen molar-refractivity contribution in [2.45, 2.75) is 0 Å². The highest BCUT2D eigenvalue weighted by molar-refractivity contribution is 7.20. The third-order valence-electron chi connectivity index (χ3n) is 5.91. The van der Waals surface area contributed by atoms with Crippen molar-refractivity contribution in [3.8, 4) is 0 Å². The summed E-state index contributed by atoms with van der Waals surface area (Å²) < 4.78 is 170. The van der Waals surface area contributed by atoms with Crippen LogP contribution in [0, 0.1) is 69.8 Å². The number of hydrogen-bond acceptors (Lipinski definition) is 0. The fourth-order valence-corrected chi connectivity index (χ4v) is 10.4. The van der Waals surface area contributed by atoms with Crippen molar-refractivity contribution in [2.75, 3.05) is 0 Å². The Hall–Kier alpha value is -3.43. The summed E-state index contributed by atoms with van der Waals surface area (Å²) >= 11 is -6.88. The Morgan fingerprint density at radius 3 is 0.541 bits per heavy atom. The molecule has 0 bridgehead atoms. The summed E-state index contributed by atoms with van der Waals surface area (Å²) in [5.41, 5.74) is 0. The number of halogens is 12. The van der Waals surface area contributed by atoms with Gasteiger partial charge in [0.1, 0.15) is 23.3 Å². The van der Waals surface area contributed by atoms with Crippen LogP contribution in [0.15, 0.2) is 48.5 Å². The average molecular weight is 551 g/mol. The van der Waals surface area contributed by atoms with E-state index in [1.807, 2.05) is 0 Å². The Balaban J connectivity index is 2.46. The Morgan fingerprint density at radius 2 is 0.405 bits per heavy atom. The van der Waals surface area contributed by atoms with E-state index in [-0.39, 0.29) is 48.5 Å². The lowest BCUT2D eigenvalue weighted by Crippen LogP contribution is -2.80. The molecule has 37 heavy (non-hydrogen) atoms. The van der Waals surface area contributed by atoms with Gasteiger partial charge in [-0.1, -0.05) is 0 Å². The maximum absolute atomic E-state index is 15.3. The minimum atomic E-state index is -6.88. The fourth-order valence-electron chi connectivity index (χ4n) is 4.73. The molecule has 192 valence electrons. The van der Waals surface area contributed by atoms with Crippen molar-refractivity contribution < 1.29 is 52.7 Å². The first-order chi connectivity index (χ1) is 17.3. The van der Waals surface area contributed by atoms with Crippen LogP contribution in [0.2, 0.25) is 0 Å². The number of rotatable bonds is 4. The third kappa shape index (κ3) is 4.26. The SMILES string of the molecule is Fc1cc(F)[c]([Al-]([c]2c(F)cc(F)cc2F)([c]2c(F)cc(F)cc2F)[c]2c(F)cc(F)cc2F)c(F)c1. The molecule has 0 saturated carbocycles. The van der Waals surface area contributed by atoms with E-state index in [0.29, 0.717) is 0 Å². The number of hydrogen-bond donors (Lipinski definition) is 0. The second-order valence-electron chi connectivity index (χ2n) is 8.00. The Labute approximate surface area is 202 Å². The summed E-state index contributed by atoms with van der Waals surface area (Å²) in [6, 6.07) is -0.848. The Kier molecular flexibility index (Phi) is 6.81. The molecular formula is C24H8AlF12-. The molecule has 0 aliphatic carbocycles. The van der Waals surface area contributed by atoms with Crippen LogP contribution >= 0.6 is 0 Å². The minimum Gasteiger partial charge on any atom is -0.211 e. The molecular weight excluding hydrogens is 543 g/mol. The molecule has 0 heterocycles. The van der Waals surface area contributed by atoms with Crippen LogP contribution in [-0.2, 0) is 0 Å². The van der Waals surface area contributed by atoms with Gasteiger partial charge in [-0.2, -0.15) is 0 Å². The lowest BCUT2D eigenvalue weighted by Gasteiger charge is -2.41. The van der Waals surface area contributed by atoms with Gasteiger partial charge in [0.15, 0.2) is 0 Å². The zero-order chi connectivity index (χ0) is 27.4. The lowest BCUT2D eigenvalue weighted by molar-refractivity contribution is 0.545. The van der Waals surface area contributed by atoms with Gasteiger partial charge in [-0.3, -0.25) is 0 Å². The van der Waals surface area contributed by atoms with E-state index in [1.165, 1.54) is 0 Å². The first-order valence-electron chi connectivity index (χ1n) is 10.0. The van der Waals surface area contributed by atoms with Gasteiger partial charge in [-0.05, 0) is 0 Å². The molecule has 0 atom stereocenters. The predicted molar refractivity (Wildman–Crippen MR) is 110 cm³/mol. The van der Waals surface area contributed by atoms with Gasteiger partial charge in [0.05, 0.1) is 46.5 Å². The normalized spacial score (nSPS) is 11.8. The minimum absolute atomic E-state index is 0.106. The summed E-state index contributed by atoms with van der Waals surface area (Å²) in [5, 5.41) is 0. The van der Waals surface area contributed by atoms with Gasteiger partial charge in [-0.15, -0.1) is 17.7 Å². The largest absolute Gasteiger partial charge is 0.299 e. The molecule has 0 aliphatic rings. The summed E-state index contributed by atoms with van der Waals surface area (Å²) in [6.07, 6.45) is 0. The first-order valence-corrected chi connectivity index (χ1v) is 12.4. The van der Waals surface area contributed by atoms with Gasteiger partial charge in [0.25, 0.3) is 13.1 Å². The summed E-state index contributed by atoms with van der Waals surface area (Å²) in [5.74, 6) is -23.4. The van der Waals surface area contributed by atoms with E-state index in [2.05, 4.69) is 0 Å². The van der Waals surface area contributed by atoms with Crippen molar-refractivity contribution in [3.05, 3.63) is 118 Å². The lowest BCUT2D eigenvalue weighted by atomic mass is 10.3. The molecule has 0 amide bonds. The standard InChI is InChI=1S/4C6H2F3.Al/c4*7-4-1-5(8)3-6(9)2-4;/h4*1-2H;/q;;;;-1. The van der Waals surface area contributed by atoms with Crippen LogP contribution in [0.3, 0.4) is 0 Å². The van der Waals surface area contributed by atoms with Crippen LogP contribution in [0.25, 0.3) is 0 Å². The maximum atomic E-state index is 15.3. The second-order valence-corrected chi connectivity index (χ2v) is 12.0. The molecule has 4 aromatic rings. The van der Waals surface area contributed by atoms with Gasteiger partial charge in [-0.25, -0.2) is 52.7 Å². The number of benzene rings is 4. The van der Waals surface area contributed by atoms with Gasteiger partial charge < -0.3 is 0 Å². The smallest absolute Gasteiger partial charge is 0.211 e. The van der Waals surface area contributed by atoms with E-state index < -0.39 is 101 Å². The summed E-state index contributed by atoms with van der Waals surface area (Å²) in [4.78, 5) is 0. The fraction of sp³-hybridized carbons (Fsp3) is 0. The van der Waals surface area contributed by atoms with Crippen molar-refractivity contribution in [3.63, 3.8) is 0 Å². The first kappa shape index (κ1) is 26.6. The van der Waals surface area contributed by atoms with E-state index in [0.717, 1.165) is 0 Å². The van der Waals surface area contributed by atoms with Crippen molar-refractivity contribution in [1.29, 1.82) is 0 Å². The van der Waals surface area contributed by atoms with Crippen LogP contribution < -0.4 is 17.7 Å². The van der Waals surface area contributed by atoms with Crippen molar-refractivity contribution in [2.24, 2.45) is 0 Å². The summed E-state index contributed by atoms with van der Waals surface area (Å²) in [7, 11) is 0. The molecule has 0 radical (unpaired) electrons. The molecule has 0 aliphatic heterocycles. The predicted octanol–water partition coefficient (Wildman–Crippen LogP) is 4.73. The highest BCUT2D eigenvalue weighted by atomic mass is 27.2. The third-order valence-corrected chi connectivity index (χ3v) is 11.6. The molecule has 13 heteroatoms. The van der Waals surface area contributed by atoms with Gasteiger partial charge >= 0.3 is 0 Å². The molecule has 0 fully saturated rings. The maximum Gasteiger partial charge on any atom is 0.299 e. The van der Waals surface area contributed by atoms with Crippen LogP contribution in [-0.4, -0.2) is 13.1 Å². The van der Waals surface area contributed by atoms with E-state index in [1.54, 1.807) is 0 Å². The van der Waals surface area contributed by atoms with E-state index in [9.17, 15) is 17.6 Å². The molecule has 0 nitrogen and oxygen atoms in total. The van der Waals surface area contributed by atoms with Crippen LogP contribution in [0.1, 0.15) is 0 Å². The van der Waals surface area contributed by atoms with Crippen molar-refractivity contribution in [1.82, 2.24) is 0 Å². The molecule has 4 aromatic carbocycles. The molecule has 0 saturated heterocycles. The average Bonchev–Trinajstić information content (AvgIpc) is 2.70. The Bertz CT molecular complexity index is 1240. The molecule has 0 N–H and O–H groups in total. The van der Waals surface area contributed by atoms with Gasteiger partial charge in [0, 0.05) is 48.5 Å².